The van der Waals surface area contributed by atoms with Crippen molar-refractivity contribution in [3.05, 3.63) is 48.0 Å². The van der Waals surface area contributed by atoms with Crippen molar-refractivity contribution in [3.63, 3.8) is 0 Å². The van der Waals surface area contributed by atoms with Gasteiger partial charge in [-0.2, -0.15) is 0 Å². The Labute approximate surface area is 136 Å². The first-order valence-electron chi connectivity index (χ1n) is 6.62. The summed E-state index contributed by atoms with van der Waals surface area (Å²) in [6, 6.07) is 8.51. The van der Waals surface area contributed by atoms with Crippen molar-refractivity contribution >= 4 is 23.4 Å². The molecule has 2 aromatic carbocycles. The van der Waals surface area contributed by atoms with E-state index in [1.54, 1.807) is 18.2 Å². The van der Waals surface area contributed by atoms with Gasteiger partial charge in [0.15, 0.2) is 11.6 Å². The zero-order valence-electron chi connectivity index (χ0n) is 12.6. The van der Waals surface area contributed by atoms with Crippen molar-refractivity contribution in [2.75, 3.05) is 25.3 Å². The van der Waals surface area contributed by atoms with Crippen LogP contribution in [0.2, 0.25) is 0 Å². The highest BCUT2D eigenvalue weighted by Gasteiger charge is 2.08. The highest BCUT2D eigenvalue weighted by Crippen LogP contribution is 2.26. The number of methoxy groups -OCH3 is 2. The van der Waals surface area contributed by atoms with E-state index in [0.717, 1.165) is 23.9 Å². The van der Waals surface area contributed by atoms with Crippen molar-refractivity contribution < 1.29 is 23.0 Å². The number of rotatable bonds is 6. The van der Waals surface area contributed by atoms with Crippen molar-refractivity contribution in [2.24, 2.45) is 0 Å². The Hall–Kier alpha value is -2.28. The van der Waals surface area contributed by atoms with Crippen LogP contribution in [-0.4, -0.2) is 25.9 Å². The van der Waals surface area contributed by atoms with Crippen LogP contribution in [0.5, 0.6) is 11.5 Å². The number of carbonyl (C=O) groups excluding carboxylic acids is 1. The molecule has 7 heteroatoms. The molecule has 0 spiro atoms. The molecular formula is C16H15F2NO3S. The first kappa shape index (κ1) is 17.1. The summed E-state index contributed by atoms with van der Waals surface area (Å²) in [7, 11) is 3.03. The second kappa shape index (κ2) is 7.82. The van der Waals surface area contributed by atoms with E-state index in [9.17, 15) is 13.6 Å². The van der Waals surface area contributed by atoms with Crippen molar-refractivity contribution in [1.82, 2.24) is 0 Å². The molecule has 0 saturated heterocycles. The van der Waals surface area contributed by atoms with E-state index < -0.39 is 11.6 Å². The number of ether oxygens (including phenoxy) is 2. The van der Waals surface area contributed by atoms with E-state index in [1.165, 1.54) is 20.3 Å². The monoisotopic (exact) mass is 339 g/mol. The molecule has 0 aliphatic rings. The summed E-state index contributed by atoms with van der Waals surface area (Å²) < 4.78 is 36.2. The molecular weight excluding hydrogens is 324 g/mol. The number of benzene rings is 2. The van der Waals surface area contributed by atoms with Gasteiger partial charge in [-0.1, -0.05) is 0 Å². The number of carbonyl (C=O) groups is 1. The molecule has 2 aromatic rings. The van der Waals surface area contributed by atoms with Gasteiger partial charge in [0.1, 0.15) is 11.5 Å². The fraction of sp³-hybridized carbons (Fsp3) is 0.188. The van der Waals surface area contributed by atoms with Gasteiger partial charge in [0, 0.05) is 28.8 Å². The van der Waals surface area contributed by atoms with Crippen LogP contribution in [-0.2, 0) is 4.79 Å². The van der Waals surface area contributed by atoms with Crippen LogP contribution >= 0.6 is 11.8 Å². The summed E-state index contributed by atoms with van der Waals surface area (Å²) in [5, 5.41) is 2.70. The first-order valence-corrected chi connectivity index (χ1v) is 7.61. The molecule has 0 aromatic heterocycles. The normalized spacial score (nSPS) is 10.3. The Kier molecular flexibility index (Phi) is 5.81. The molecule has 23 heavy (non-hydrogen) atoms. The molecule has 0 heterocycles. The molecule has 0 aliphatic carbocycles. The second-order valence-corrected chi connectivity index (χ2v) is 5.56. The molecule has 0 atom stereocenters. The van der Waals surface area contributed by atoms with E-state index in [-0.39, 0.29) is 11.7 Å². The number of amides is 1. The van der Waals surface area contributed by atoms with Crippen molar-refractivity contribution in [1.29, 1.82) is 0 Å². The van der Waals surface area contributed by atoms with E-state index in [2.05, 4.69) is 5.32 Å². The lowest BCUT2D eigenvalue weighted by molar-refractivity contribution is -0.113. The summed E-state index contributed by atoms with van der Waals surface area (Å²) in [6.45, 7) is 0. The second-order valence-electron chi connectivity index (χ2n) is 4.51. The summed E-state index contributed by atoms with van der Waals surface area (Å²) in [5.74, 6) is -0.976. The molecule has 1 amide bonds. The standard InChI is InChI=1S/C16H15F2NO3S/c1-21-11-5-10(6-12(7-11)22-2)19-16(20)9-23-13-3-4-14(17)15(18)8-13/h3-8H,9H2,1-2H3,(H,19,20). The first-order chi connectivity index (χ1) is 11.0. The van der Waals surface area contributed by atoms with E-state index in [0.29, 0.717) is 22.1 Å². The maximum atomic E-state index is 13.1. The number of anilines is 1. The van der Waals surface area contributed by atoms with E-state index in [4.69, 9.17) is 9.47 Å². The van der Waals surface area contributed by atoms with Crippen LogP contribution in [0, 0.1) is 11.6 Å². The van der Waals surface area contributed by atoms with Gasteiger partial charge in [-0.05, 0) is 18.2 Å². The van der Waals surface area contributed by atoms with E-state index >= 15 is 0 Å². The topological polar surface area (TPSA) is 47.6 Å². The lowest BCUT2D eigenvalue weighted by Crippen LogP contribution is -2.14. The quantitative estimate of drug-likeness (QED) is 0.815. The van der Waals surface area contributed by atoms with Crippen LogP contribution < -0.4 is 14.8 Å². The Morgan fingerprint density at radius 3 is 2.26 bits per heavy atom. The smallest absolute Gasteiger partial charge is 0.234 e. The van der Waals surface area contributed by atoms with Gasteiger partial charge in [0.25, 0.3) is 0 Å². The van der Waals surface area contributed by atoms with Gasteiger partial charge in [-0.15, -0.1) is 11.8 Å². The number of thioether (sulfide) groups is 1. The minimum atomic E-state index is -0.937. The molecule has 0 radical (unpaired) electrons. The maximum Gasteiger partial charge on any atom is 0.234 e. The Balaban J connectivity index is 1.97. The van der Waals surface area contributed by atoms with Crippen LogP contribution in [0.4, 0.5) is 14.5 Å². The van der Waals surface area contributed by atoms with E-state index in [1.807, 2.05) is 0 Å². The number of halogens is 2. The van der Waals surface area contributed by atoms with Crippen molar-refractivity contribution in [3.8, 4) is 11.5 Å². The minimum absolute atomic E-state index is 0.0601. The molecule has 0 aliphatic heterocycles. The predicted octanol–water partition coefficient (Wildman–Crippen LogP) is 3.71. The summed E-state index contributed by atoms with van der Waals surface area (Å²) in [4.78, 5) is 12.4. The minimum Gasteiger partial charge on any atom is -0.497 e. The van der Waals surface area contributed by atoms with Gasteiger partial charge in [-0.25, -0.2) is 8.78 Å². The predicted molar refractivity (Wildman–Crippen MR) is 85.3 cm³/mol. The average Bonchev–Trinajstić information content (AvgIpc) is 2.55. The lowest BCUT2D eigenvalue weighted by Gasteiger charge is -2.10. The molecule has 0 saturated carbocycles. The van der Waals surface area contributed by atoms with Crippen LogP contribution in [0.15, 0.2) is 41.3 Å². The molecule has 2 rings (SSSR count). The maximum absolute atomic E-state index is 13.1. The van der Waals surface area contributed by atoms with Gasteiger partial charge < -0.3 is 14.8 Å². The third-order valence-corrected chi connectivity index (χ3v) is 3.89. The lowest BCUT2D eigenvalue weighted by atomic mass is 10.2. The highest BCUT2D eigenvalue weighted by atomic mass is 32.2. The third kappa shape index (κ3) is 4.85. The zero-order valence-corrected chi connectivity index (χ0v) is 13.4. The van der Waals surface area contributed by atoms with Crippen LogP contribution in [0.1, 0.15) is 0 Å². The Bertz CT molecular complexity index is 687. The SMILES string of the molecule is COc1cc(NC(=O)CSc2ccc(F)c(F)c2)cc(OC)c1. The highest BCUT2D eigenvalue weighted by molar-refractivity contribution is 8.00. The van der Waals surface area contributed by atoms with Gasteiger partial charge >= 0.3 is 0 Å². The van der Waals surface area contributed by atoms with Crippen LogP contribution in [0.25, 0.3) is 0 Å². The third-order valence-electron chi connectivity index (χ3n) is 2.90. The Morgan fingerprint density at radius 2 is 1.70 bits per heavy atom. The molecule has 0 unspecified atom stereocenters. The van der Waals surface area contributed by atoms with Crippen LogP contribution in [0.3, 0.4) is 0 Å². The van der Waals surface area contributed by atoms with Gasteiger partial charge in [0.05, 0.1) is 20.0 Å². The van der Waals surface area contributed by atoms with Gasteiger partial charge in [0.2, 0.25) is 5.91 Å². The molecule has 0 fully saturated rings. The molecule has 4 nitrogen and oxygen atoms in total. The van der Waals surface area contributed by atoms with Crippen molar-refractivity contribution in [2.45, 2.75) is 4.90 Å². The molecule has 122 valence electrons. The number of nitrogens with one attached hydrogen (secondary N) is 1. The zero-order chi connectivity index (χ0) is 16.8. The number of hydrogen-bond acceptors (Lipinski definition) is 4. The molecule has 1 N–H and O–H groups in total. The average molecular weight is 339 g/mol. The van der Waals surface area contributed by atoms with Gasteiger partial charge in [-0.3, -0.25) is 4.79 Å². The molecule has 0 bridgehead atoms. The number of hydrogen-bond donors (Lipinski definition) is 1. The summed E-state index contributed by atoms with van der Waals surface area (Å²) >= 11 is 1.11. The largest absolute Gasteiger partial charge is 0.497 e. The summed E-state index contributed by atoms with van der Waals surface area (Å²) in [5.41, 5.74) is 0.525. The Morgan fingerprint density at radius 1 is 1.04 bits per heavy atom. The fourth-order valence-electron chi connectivity index (χ4n) is 1.79. The summed E-state index contributed by atoms with van der Waals surface area (Å²) in [6.07, 6.45) is 0. The fourth-order valence-corrected chi connectivity index (χ4v) is 2.51.